The highest BCUT2D eigenvalue weighted by Gasteiger charge is 2.08. The molecule has 0 spiro atoms. The minimum absolute atomic E-state index is 0.0303. The van der Waals surface area contributed by atoms with Crippen molar-refractivity contribution in [2.45, 2.75) is 20.7 Å². The van der Waals surface area contributed by atoms with E-state index in [0.29, 0.717) is 5.56 Å². The largest absolute Gasteiger partial charge is 0.207 e. The first-order valence-corrected chi connectivity index (χ1v) is 8.96. The van der Waals surface area contributed by atoms with E-state index in [-0.39, 0.29) is 5.46 Å². The average Bonchev–Trinajstić information content (AvgIpc) is 2.68. The lowest BCUT2D eigenvalue weighted by Gasteiger charge is -2.01. The molecule has 3 aromatic carbocycles. The fourth-order valence-electron chi connectivity index (χ4n) is 2.68. The van der Waals surface area contributed by atoms with Crippen LogP contribution >= 0.6 is 0 Å². The van der Waals surface area contributed by atoms with Crippen LogP contribution in [0.1, 0.15) is 33.4 Å². The van der Waals surface area contributed by atoms with E-state index in [1.54, 1.807) is 6.82 Å². The predicted molar refractivity (Wildman–Crippen MR) is 112 cm³/mol. The van der Waals surface area contributed by atoms with Gasteiger partial charge in [-0.3, -0.25) is 0 Å². The van der Waals surface area contributed by atoms with Crippen molar-refractivity contribution in [1.29, 1.82) is 0 Å². The van der Waals surface area contributed by atoms with Gasteiger partial charge < -0.3 is 0 Å². The molecule has 28 heavy (non-hydrogen) atoms. The fourth-order valence-corrected chi connectivity index (χ4v) is 2.68. The van der Waals surface area contributed by atoms with E-state index in [2.05, 4.69) is 49.7 Å². The van der Waals surface area contributed by atoms with Gasteiger partial charge in [0.1, 0.15) is 11.6 Å². The van der Waals surface area contributed by atoms with Gasteiger partial charge in [-0.15, -0.1) is 0 Å². The molecule has 0 saturated carbocycles. The Morgan fingerprint density at radius 3 is 1.57 bits per heavy atom. The summed E-state index contributed by atoms with van der Waals surface area (Å²) in [6.07, 6.45) is 0. The van der Waals surface area contributed by atoms with Crippen LogP contribution < -0.4 is 5.46 Å². The minimum Gasteiger partial charge on any atom is -0.207 e. The Balaban J connectivity index is 1.77. The summed E-state index contributed by atoms with van der Waals surface area (Å²) in [6, 6.07) is 16.1. The average molecular weight is 367 g/mol. The van der Waals surface area contributed by atoms with Gasteiger partial charge in [-0.1, -0.05) is 36.6 Å². The van der Waals surface area contributed by atoms with Gasteiger partial charge in [-0.25, -0.2) is 8.78 Å². The second-order valence-corrected chi connectivity index (χ2v) is 6.52. The molecule has 135 valence electrons. The van der Waals surface area contributed by atoms with E-state index >= 15 is 0 Å². The molecule has 3 rings (SSSR count). The van der Waals surface area contributed by atoms with Crippen LogP contribution in [-0.4, -0.2) is 7.28 Å². The Bertz CT molecular complexity index is 1110. The third-order valence-electron chi connectivity index (χ3n) is 4.46. The molecule has 0 aromatic heterocycles. The van der Waals surface area contributed by atoms with Gasteiger partial charge in [0.25, 0.3) is 0 Å². The first-order valence-electron chi connectivity index (χ1n) is 8.96. The first kappa shape index (κ1) is 19.5. The molecule has 0 N–H and O–H groups in total. The molecular formula is C25H18BF2. The zero-order chi connectivity index (χ0) is 20.1. The molecule has 0 nitrogen and oxygen atoms in total. The van der Waals surface area contributed by atoms with Crippen LogP contribution in [0.25, 0.3) is 0 Å². The first-order chi connectivity index (χ1) is 13.5. The lowest BCUT2D eigenvalue weighted by Crippen LogP contribution is -2.20. The molecule has 3 aromatic rings. The molecule has 0 atom stereocenters. The molecule has 0 heterocycles. The molecule has 0 bridgehead atoms. The van der Waals surface area contributed by atoms with Crippen molar-refractivity contribution in [3.63, 3.8) is 0 Å². The number of hydrogen-bond acceptors (Lipinski definition) is 0. The van der Waals surface area contributed by atoms with Crippen LogP contribution in [0.2, 0.25) is 6.82 Å². The van der Waals surface area contributed by atoms with Gasteiger partial charge in [-0.2, -0.15) is 0 Å². The van der Waals surface area contributed by atoms with E-state index in [4.69, 9.17) is 0 Å². The number of benzene rings is 3. The summed E-state index contributed by atoms with van der Waals surface area (Å²) >= 11 is 0. The Morgan fingerprint density at radius 1 is 0.607 bits per heavy atom. The quantitative estimate of drug-likeness (QED) is 0.430. The standard InChI is InChI=1S/C25H18BF2/c1-17-4-5-21(14-18(17)2)12-10-19-6-8-20(9-7-19)11-13-22-15-23(27)25(26-3)24(28)16-22/h4-9,14-16H,1-3H3. The zero-order valence-electron chi connectivity index (χ0n) is 16.0. The molecule has 0 aliphatic heterocycles. The van der Waals surface area contributed by atoms with Gasteiger partial charge in [0.2, 0.25) is 0 Å². The lowest BCUT2D eigenvalue weighted by atomic mass is 9.72. The fraction of sp³-hybridized carbons (Fsp3) is 0.120. The SMILES string of the molecule is C[B]c1c(F)cc(C#Cc2ccc(C#Cc3ccc(C)c(C)c3)cc2)cc1F. The van der Waals surface area contributed by atoms with E-state index in [0.717, 1.165) is 16.7 Å². The van der Waals surface area contributed by atoms with E-state index in [1.165, 1.54) is 30.5 Å². The van der Waals surface area contributed by atoms with Gasteiger partial charge in [-0.05, 0) is 79.0 Å². The third-order valence-corrected chi connectivity index (χ3v) is 4.46. The van der Waals surface area contributed by atoms with Crippen LogP contribution in [0.4, 0.5) is 8.78 Å². The molecule has 1 radical (unpaired) electrons. The number of aryl methyl sites for hydroxylation is 2. The molecule has 0 aliphatic carbocycles. The van der Waals surface area contributed by atoms with Gasteiger partial charge >= 0.3 is 0 Å². The van der Waals surface area contributed by atoms with Crippen LogP contribution in [0.3, 0.4) is 0 Å². The molecule has 0 saturated heterocycles. The summed E-state index contributed by atoms with van der Waals surface area (Å²) in [5, 5.41) is 0. The molecule has 0 aliphatic rings. The molecular weight excluding hydrogens is 349 g/mol. The molecule has 0 fully saturated rings. The van der Waals surface area contributed by atoms with E-state index < -0.39 is 11.6 Å². The van der Waals surface area contributed by atoms with Crippen LogP contribution in [-0.2, 0) is 0 Å². The Labute approximate surface area is 165 Å². The van der Waals surface area contributed by atoms with Crippen molar-refractivity contribution in [3.8, 4) is 23.7 Å². The maximum Gasteiger partial charge on any atom is 0.156 e. The summed E-state index contributed by atoms with van der Waals surface area (Å²) in [6.45, 7) is 5.74. The maximum absolute atomic E-state index is 13.8. The highest BCUT2D eigenvalue weighted by Crippen LogP contribution is 2.10. The van der Waals surface area contributed by atoms with Crippen molar-refractivity contribution in [2.24, 2.45) is 0 Å². The maximum atomic E-state index is 13.8. The van der Waals surface area contributed by atoms with Crippen LogP contribution in [0, 0.1) is 49.2 Å². The Hall–Kier alpha value is -3.30. The lowest BCUT2D eigenvalue weighted by molar-refractivity contribution is 0.597. The topological polar surface area (TPSA) is 0 Å². The highest BCUT2D eigenvalue weighted by molar-refractivity contribution is 6.52. The smallest absolute Gasteiger partial charge is 0.156 e. The van der Waals surface area contributed by atoms with E-state index in [1.807, 2.05) is 30.3 Å². The van der Waals surface area contributed by atoms with Gasteiger partial charge in [0, 0.05) is 22.3 Å². The number of rotatable bonds is 1. The predicted octanol–water partition coefficient (Wildman–Crippen LogP) is 4.76. The summed E-state index contributed by atoms with van der Waals surface area (Å²) in [5.41, 5.74) is 5.35. The van der Waals surface area contributed by atoms with Crippen molar-refractivity contribution in [1.82, 2.24) is 0 Å². The van der Waals surface area contributed by atoms with E-state index in [9.17, 15) is 8.78 Å². The van der Waals surface area contributed by atoms with Crippen molar-refractivity contribution < 1.29 is 8.78 Å². The van der Waals surface area contributed by atoms with Crippen molar-refractivity contribution in [3.05, 3.63) is 99.6 Å². The molecule has 0 amide bonds. The van der Waals surface area contributed by atoms with Crippen molar-refractivity contribution >= 4 is 12.7 Å². The second kappa shape index (κ2) is 8.60. The number of halogens is 2. The van der Waals surface area contributed by atoms with Gasteiger partial charge in [0.05, 0.1) is 0 Å². The van der Waals surface area contributed by atoms with Crippen molar-refractivity contribution in [2.75, 3.05) is 0 Å². The second-order valence-electron chi connectivity index (χ2n) is 6.52. The Kier molecular flexibility index (Phi) is 5.98. The normalized spacial score (nSPS) is 9.75. The number of hydrogen-bond donors (Lipinski definition) is 0. The molecule has 3 heteroatoms. The Morgan fingerprint density at radius 2 is 1.07 bits per heavy atom. The summed E-state index contributed by atoms with van der Waals surface area (Å²) < 4.78 is 27.6. The monoisotopic (exact) mass is 367 g/mol. The minimum atomic E-state index is -0.608. The van der Waals surface area contributed by atoms with Crippen LogP contribution in [0.5, 0.6) is 0 Å². The molecule has 0 unspecified atom stereocenters. The van der Waals surface area contributed by atoms with Crippen LogP contribution in [0.15, 0.2) is 54.6 Å². The summed E-state index contributed by atoms with van der Waals surface area (Å²) in [7, 11) is 1.40. The van der Waals surface area contributed by atoms with Gasteiger partial charge in [0.15, 0.2) is 7.28 Å². The summed E-state index contributed by atoms with van der Waals surface area (Å²) in [5.74, 6) is 10.8. The third kappa shape index (κ3) is 4.70. The zero-order valence-corrected chi connectivity index (χ0v) is 16.0. The highest BCUT2D eigenvalue weighted by atomic mass is 19.1. The summed E-state index contributed by atoms with van der Waals surface area (Å²) in [4.78, 5) is 0.